The van der Waals surface area contributed by atoms with Crippen LogP contribution in [0.3, 0.4) is 0 Å². The number of aromatic nitrogens is 6. The molecule has 0 aliphatic rings. The van der Waals surface area contributed by atoms with E-state index in [2.05, 4.69) is 20.3 Å². The number of nitrogens with zero attached hydrogens (tertiary/aromatic N) is 6. The van der Waals surface area contributed by atoms with E-state index in [0.717, 1.165) is 23.2 Å². The number of hydrogen-bond acceptors (Lipinski definition) is 6. The number of methoxy groups -OCH3 is 1. The molecule has 0 N–H and O–H groups in total. The maximum Gasteiger partial charge on any atom is 0.283 e. The van der Waals surface area contributed by atoms with E-state index in [0.29, 0.717) is 24.4 Å². The van der Waals surface area contributed by atoms with Gasteiger partial charge in [0, 0.05) is 7.11 Å². The number of aryl methyl sites for hydroxylation is 1. The van der Waals surface area contributed by atoms with Crippen molar-refractivity contribution in [1.82, 2.24) is 29.4 Å². The standard InChI is InChI=1S/C18H18N6O2/c1-3-13-14(12-7-5-4-6-8-12)16-21-20-15-17(24(16)22-13)19-11-23(18(15)25)9-10-26-2/h4-8,11H,3,9-10H2,1-2H3. The maximum absolute atomic E-state index is 12.6. The summed E-state index contributed by atoms with van der Waals surface area (Å²) in [5.41, 5.74) is 3.78. The second kappa shape index (κ2) is 6.64. The van der Waals surface area contributed by atoms with Crippen molar-refractivity contribution in [3.8, 4) is 11.1 Å². The van der Waals surface area contributed by atoms with Crippen molar-refractivity contribution in [3.63, 3.8) is 0 Å². The first-order chi connectivity index (χ1) is 12.7. The predicted molar refractivity (Wildman–Crippen MR) is 97.0 cm³/mol. The second-order valence-corrected chi connectivity index (χ2v) is 5.88. The van der Waals surface area contributed by atoms with E-state index in [1.54, 1.807) is 11.6 Å². The Morgan fingerprint density at radius 1 is 1.12 bits per heavy atom. The quantitative estimate of drug-likeness (QED) is 0.544. The number of fused-ring (bicyclic) bond motifs is 3. The molecule has 0 fully saturated rings. The van der Waals surface area contributed by atoms with Crippen molar-refractivity contribution in [2.45, 2.75) is 19.9 Å². The monoisotopic (exact) mass is 350 g/mol. The molecule has 8 heteroatoms. The zero-order valence-corrected chi connectivity index (χ0v) is 14.6. The van der Waals surface area contributed by atoms with Crippen molar-refractivity contribution in [2.75, 3.05) is 13.7 Å². The van der Waals surface area contributed by atoms with Crippen molar-refractivity contribution >= 4 is 16.8 Å². The lowest BCUT2D eigenvalue weighted by Crippen LogP contribution is -2.24. The highest BCUT2D eigenvalue weighted by molar-refractivity contribution is 5.83. The van der Waals surface area contributed by atoms with Crippen LogP contribution in [0.25, 0.3) is 27.9 Å². The zero-order valence-electron chi connectivity index (χ0n) is 14.6. The van der Waals surface area contributed by atoms with E-state index in [1.807, 2.05) is 37.3 Å². The van der Waals surface area contributed by atoms with Gasteiger partial charge >= 0.3 is 0 Å². The fourth-order valence-corrected chi connectivity index (χ4v) is 3.00. The molecule has 0 aliphatic carbocycles. The van der Waals surface area contributed by atoms with Crippen LogP contribution in [-0.2, 0) is 17.7 Å². The molecular weight excluding hydrogens is 332 g/mol. The first-order valence-corrected chi connectivity index (χ1v) is 8.42. The van der Waals surface area contributed by atoms with E-state index in [4.69, 9.17) is 4.74 Å². The molecule has 132 valence electrons. The van der Waals surface area contributed by atoms with Crippen LogP contribution in [0.1, 0.15) is 12.6 Å². The molecule has 1 aromatic carbocycles. The van der Waals surface area contributed by atoms with Crippen molar-refractivity contribution in [3.05, 3.63) is 52.7 Å². The van der Waals surface area contributed by atoms with Crippen LogP contribution in [0, 0.1) is 0 Å². The first-order valence-electron chi connectivity index (χ1n) is 8.42. The van der Waals surface area contributed by atoms with E-state index in [9.17, 15) is 4.79 Å². The Hall–Kier alpha value is -3.13. The molecule has 0 atom stereocenters. The van der Waals surface area contributed by atoms with Gasteiger partial charge in [-0.1, -0.05) is 37.3 Å². The SMILES string of the molecule is CCc1nn2c(nnc3c(=O)n(CCOC)cnc32)c1-c1ccccc1. The minimum atomic E-state index is -0.253. The highest BCUT2D eigenvalue weighted by Crippen LogP contribution is 2.28. The number of rotatable bonds is 5. The third-order valence-corrected chi connectivity index (χ3v) is 4.31. The topological polar surface area (TPSA) is 87.2 Å². The fourth-order valence-electron chi connectivity index (χ4n) is 3.00. The molecule has 3 aromatic heterocycles. The summed E-state index contributed by atoms with van der Waals surface area (Å²) in [5.74, 6) is 0. The van der Waals surface area contributed by atoms with E-state index >= 15 is 0 Å². The summed E-state index contributed by atoms with van der Waals surface area (Å²) in [6, 6.07) is 9.93. The van der Waals surface area contributed by atoms with Crippen molar-refractivity contribution in [2.24, 2.45) is 0 Å². The number of benzene rings is 1. The summed E-state index contributed by atoms with van der Waals surface area (Å²) < 4.78 is 8.11. The number of ether oxygens (including phenoxy) is 1. The fraction of sp³-hybridized carbons (Fsp3) is 0.278. The largest absolute Gasteiger partial charge is 0.383 e. The molecule has 0 unspecified atom stereocenters. The Bertz CT molecular complexity index is 1130. The van der Waals surface area contributed by atoms with Crippen LogP contribution < -0.4 is 5.56 Å². The first kappa shape index (κ1) is 16.3. The van der Waals surface area contributed by atoms with Gasteiger partial charge < -0.3 is 4.74 Å². The Balaban J connectivity index is 1.98. The molecule has 0 saturated carbocycles. The third-order valence-electron chi connectivity index (χ3n) is 4.31. The van der Waals surface area contributed by atoms with Gasteiger partial charge in [-0.2, -0.15) is 9.61 Å². The van der Waals surface area contributed by atoms with Crippen LogP contribution in [0.4, 0.5) is 0 Å². The normalized spacial score (nSPS) is 11.5. The molecule has 8 nitrogen and oxygen atoms in total. The lowest BCUT2D eigenvalue weighted by Gasteiger charge is -2.05. The molecule has 0 saturated heterocycles. The van der Waals surface area contributed by atoms with Gasteiger partial charge in [0.25, 0.3) is 5.56 Å². The average Bonchev–Trinajstić information content (AvgIpc) is 3.07. The van der Waals surface area contributed by atoms with E-state index in [1.165, 1.54) is 10.9 Å². The molecule has 0 amide bonds. The highest BCUT2D eigenvalue weighted by atomic mass is 16.5. The van der Waals surface area contributed by atoms with Crippen LogP contribution in [0.15, 0.2) is 41.5 Å². The van der Waals surface area contributed by atoms with Gasteiger partial charge in [-0.15, -0.1) is 10.2 Å². The summed E-state index contributed by atoms with van der Waals surface area (Å²) in [4.78, 5) is 17.0. The van der Waals surface area contributed by atoms with Crippen LogP contribution >= 0.6 is 0 Å². The average molecular weight is 350 g/mol. The minimum Gasteiger partial charge on any atom is -0.383 e. The van der Waals surface area contributed by atoms with Crippen molar-refractivity contribution < 1.29 is 4.74 Å². The summed E-state index contributed by atoms with van der Waals surface area (Å²) >= 11 is 0. The molecule has 0 bridgehead atoms. The Labute approximate surface area is 149 Å². The molecule has 0 aliphatic heterocycles. The summed E-state index contributed by atoms with van der Waals surface area (Å²) in [6.07, 6.45) is 2.24. The molecule has 4 aromatic rings. The van der Waals surface area contributed by atoms with E-state index < -0.39 is 0 Å². The molecule has 3 heterocycles. The Kier molecular flexibility index (Phi) is 4.18. The van der Waals surface area contributed by atoms with Gasteiger partial charge in [-0.05, 0) is 12.0 Å². The summed E-state index contributed by atoms with van der Waals surface area (Å²) in [7, 11) is 1.59. The highest BCUT2D eigenvalue weighted by Gasteiger charge is 2.19. The molecule has 4 rings (SSSR count). The Morgan fingerprint density at radius 2 is 1.92 bits per heavy atom. The van der Waals surface area contributed by atoms with Crippen molar-refractivity contribution in [1.29, 1.82) is 0 Å². The lowest BCUT2D eigenvalue weighted by atomic mass is 10.0. The lowest BCUT2D eigenvalue weighted by molar-refractivity contribution is 0.186. The van der Waals surface area contributed by atoms with Gasteiger partial charge in [-0.3, -0.25) is 9.36 Å². The zero-order chi connectivity index (χ0) is 18.1. The Morgan fingerprint density at radius 3 is 2.65 bits per heavy atom. The van der Waals surface area contributed by atoms with Crippen LogP contribution in [0.5, 0.6) is 0 Å². The molecule has 0 spiro atoms. The molecular formula is C18H18N6O2. The van der Waals surface area contributed by atoms with E-state index in [-0.39, 0.29) is 11.1 Å². The number of hydrogen-bond donors (Lipinski definition) is 0. The van der Waals surface area contributed by atoms with Gasteiger partial charge in [-0.25, -0.2) is 4.98 Å². The summed E-state index contributed by atoms with van der Waals surface area (Å²) in [6.45, 7) is 2.87. The smallest absolute Gasteiger partial charge is 0.283 e. The van der Waals surface area contributed by atoms with Crippen LogP contribution in [-0.4, -0.2) is 43.1 Å². The molecule has 0 radical (unpaired) electrons. The minimum absolute atomic E-state index is 0.195. The van der Waals surface area contributed by atoms with Gasteiger partial charge in [0.05, 0.1) is 24.4 Å². The predicted octanol–water partition coefficient (Wildman–Crippen LogP) is 1.71. The maximum atomic E-state index is 12.6. The van der Waals surface area contributed by atoms with Gasteiger partial charge in [0.1, 0.15) is 6.33 Å². The van der Waals surface area contributed by atoms with Gasteiger partial charge in [0.15, 0.2) is 16.8 Å². The molecule has 26 heavy (non-hydrogen) atoms. The third kappa shape index (κ3) is 2.55. The van der Waals surface area contributed by atoms with Gasteiger partial charge in [0.2, 0.25) is 0 Å². The summed E-state index contributed by atoms with van der Waals surface area (Å²) in [5, 5.41) is 13.1. The van der Waals surface area contributed by atoms with Crippen LogP contribution in [0.2, 0.25) is 0 Å². The second-order valence-electron chi connectivity index (χ2n) is 5.88.